The first-order valence-electron chi connectivity index (χ1n) is 6.06. The zero-order valence-corrected chi connectivity index (χ0v) is 12.1. The molecule has 0 saturated heterocycles. The molecular formula is C14H16O9. The van der Waals surface area contributed by atoms with Crippen molar-refractivity contribution in [2.75, 3.05) is 19.8 Å². The Morgan fingerprint density at radius 2 is 1.43 bits per heavy atom. The second-order valence-corrected chi connectivity index (χ2v) is 3.65. The Balaban J connectivity index is 5.34. The molecule has 0 amide bonds. The van der Waals surface area contributed by atoms with Gasteiger partial charge < -0.3 is 29.5 Å². The van der Waals surface area contributed by atoms with Crippen LogP contribution in [-0.2, 0) is 28.6 Å². The van der Waals surface area contributed by atoms with Crippen LogP contribution in [0.4, 0.5) is 0 Å². The predicted molar refractivity (Wildman–Crippen MR) is 75.0 cm³/mol. The number of aliphatic hydroxyl groups excluding tert-OH is 3. The second-order valence-electron chi connectivity index (χ2n) is 3.65. The number of ether oxygens (including phenoxy) is 3. The Kier molecular flexibility index (Phi) is 9.60. The van der Waals surface area contributed by atoms with Gasteiger partial charge in [0.15, 0.2) is 6.26 Å². The van der Waals surface area contributed by atoms with Crippen LogP contribution in [0.15, 0.2) is 48.7 Å². The van der Waals surface area contributed by atoms with Gasteiger partial charge >= 0.3 is 23.9 Å². The molecule has 0 aliphatic carbocycles. The lowest BCUT2D eigenvalue weighted by atomic mass is 10.1. The molecule has 0 bridgehead atoms. The highest BCUT2D eigenvalue weighted by molar-refractivity contribution is 5.90. The highest BCUT2D eigenvalue weighted by Gasteiger charge is 2.19. The van der Waals surface area contributed by atoms with Gasteiger partial charge in [0.05, 0.1) is 25.4 Å². The summed E-state index contributed by atoms with van der Waals surface area (Å²) < 4.78 is 13.6. The van der Waals surface area contributed by atoms with Crippen molar-refractivity contribution in [3.8, 4) is 0 Å². The molecule has 23 heavy (non-hydrogen) atoms. The van der Waals surface area contributed by atoms with Crippen LogP contribution in [0.1, 0.15) is 0 Å². The standard InChI is InChI=1S/C14H16O9/c1-3-11(18)21-8-13(22-12(19)4-2)23-14(20)10(7-17)9(5-15)6-16/h3-4,8,15-17H,1-2,5-7H2/b13-8+. The lowest BCUT2D eigenvalue weighted by molar-refractivity contribution is -0.150. The normalized spacial score (nSPS) is 10.3. The lowest BCUT2D eigenvalue weighted by Crippen LogP contribution is -2.18. The first-order chi connectivity index (χ1) is 10.9. The van der Waals surface area contributed by atoms with Crippen LogP contribution in [0.2, 0.25) is 0 Å². The minimum Gasteiger partial charge on any atom is -0.424 e. The van der Waals surface area contributed by atoms with E-state index < -0.39 is 49.2 Å². The SMILES string of the molecule is C=CC(=O)O/C=C(\OC(=O)C=C)OC(=O)C(CO)=C(CO)CO. The maximum Gasteiger partial charge on any atom is 0.344 e. The molecule has 0 aliphatic rings. The van der Waals surface area contributed by atoms with Gasteiger partial charge in [-0.25, -0.2) is 14.4 Å². The molecule has 0 atom stereocenters. The van der Waals surface area contributed by atoms with E-state index in [1.54, 1.807) is 0 Å². The van der Waals surface area contributed by atoms with Gasteiger partial charge in [-0.15, -0.1) is 0 Å². The maximum atomic E-state index is 11.8. The van der Waals surface area contributed by atoms with E-state index >= 15 is 0 Å². The molecule has 0 unspecified atom stereocenters. The van der Waals surface area contributed by atoms with E-state index in [4.69, 9.17) is 15.3 Å². The fourth-order valence-electron chi connectivity index (χ4n) is 1.08. The summed E-state index contributed by atoms with van der Waals surface area (Å²) in [6.45, 7) is 3.98. The van der Waals surface area contributed by atoms with E-state index in [1.807, 2.05) is 0 Å². The molecule has 3 N–H and O–H groups in total. The van der Waals surface area contributed by atoms with Crippen molar-refractivity contribution < 1.29 is 43.9 Å². The summed E-state index contributed by atoms with van der Waals surface area (Å²) in [6, 6.07) is 0. The molecule has 0 aliphatic heterocycles. The topological polar surface area (TPSA) is 140 Å². The Morgan fingerprint density at radius 3 is 1.87 bits per heavy atom. The van der Waals surface area contributed by atoms with Crippen LogP contribution >= 0.6 is 0 Å². The second kappa shape index (κ2) is 10.9. The highest BCUT2D eigenvalue weighted by atomic mass is 16.7. The van der Waals surface area contributed by atoms with E-state index in [-0.39, 0.29) is 5.57 Å². The molecule has 126 valence electrons. The van der Waals surface area contributed by atoms with E-state index in [9.17, 15) is 14.4 Å². The fraction of sp³-hybridized carbons (Fsp3) is 0.214. The van der Waals surface area contributed by atoms with Crippen molar-refractivity contribution >= 4 is 17.9 Å². The van der Waals surface area contributed by atoms with Gasteiger partial charge in [0, 0.05) is 12.2 Å². The molecule has 0 heterocycles. The highest BCUT2D eigenvalue weighted by Crippen LogP contribution is 2.11. The molecule has 0 rings (SSSR count). The Morgan fingerprint density at radius 1 is 0.870 bits per heavy atom. The number of esters is 3. The molecular weight excluding hydrogens is 312 g/mol. The average Bonchev–Trinajstić information content (AvgIpc) is 2.56. The molecule has 0 aromatic heterocycles. The summed E-state index contributed by atoms with van der Waals surface area (Å²) in [5.41, 5.74) is -0.652. The molecule has 0 aromatic carbocycles. The number of carbonyl (C=O) groups excluding carboxylic acids is 3. The minimum atomic E-state index is -1.23. The maximum absolute atomic E-state index is 11.8. The Labute approximate surface area is 131 Å². The Hall–Kier alpha value is -2.75. The van der Waals surface area contributed by atoms with E-state index in [2.05, 4.69) is 27.4 Å². The van der Waals surface area contributed by atoms with Gasteiger partial charge in [-0.3, -0.25) is 0 Å². The van der Waals surface area contributed by atoms with Crippen molar-refractivity contribution in [3.63, 3.8) is 0 Å². The molecule has 0 aromatic rings. The van der Waals surface area contributed by atoms with Crippen molar-refractivity contribution in [2.45, 2.75) is 0 Å². The molecule has 0 fully saturated rings. The monoisotopic (exact) mass is 328 g/mol. The smallest absolute Gasteiger partial charge is 0.344 e. The molecule has 9 nitrogen and oxygen atoms in total. The molecule has 0 saturated carbocycles. The van der Waals surface area contributed by atoms with Gasteiger partial charge in [0.1, 0.15) is 0 Å². The average molecular weight is 328 g/mol. The largest absolute Gasteiger partial charge is 0.424 e. The van der Waals surface area contributed by atoms with Crippen LogP contribution in [0.3, 0.4) is 0 Å². The quantitative estimate of drug-likeness (QED) is 0.278. The zero-order valence-electron chi connectivity index (χ0n) is 12.1. The van der Waals surface area contributed by atoms with Gasteiger partial charge in [0.25, 0.3) is 0 Å². The van der Waals surface area contributed by atoms with Crippen molar-refractivity contribution in [3.05, 3.63) is 48.7 Å². The van der Waals surface area contributed by atoms with E-state index in [0.717, 1.165) is 12.2 Å². The summed E-state index contributed by atoms with van der Waals surface area (Å²) in [4.78, 5) is 33.9. The third kappa shape index (κ3) is 7.18. The van der Waals surface area contributed by atoms with Crippen LogP contribution < -0.4 is 0 Å². The van der Waals surface area contributed by atoms with Gasteiger partial charge in [-0.05, 0) is 5.57 Å². The summed E-state index contributed by atoms with van der Waals surface area (Å²) in [6.07, 6.45) is 2.09. The summed E-state index contributed by atoms with van der Waals surface area (Å²) >= 11 is 0. The first-order valence-corrected chi connectivity index (χ1v) is 6.06. The summed E-state index contributed by atoms with van der Waals surface area (Å²) in [7, 11) is 0. The Bertz CT molecular complexity index is 536. The van der Waals surface area contributed by atoms with Crippen molar-refractivity contribution in [1.29, 1.82) is 0 Å². The van der Waals surface area contributed by atoms with Crippen molar-refractivity contribution in [1.82, 2.24) is 0 Å². The van der Waals surface area contributed by atoms with Gasteiger partial charge in [-0.2, -0.15) is 0 Å². The summed E-state index contributed by atoms with van der Waals surface area (Å²) in [5.74, 6) is -3.99. The van der Waals surface area contributed by atoms with Crippen LogP contribution in [0.25, 0.3) is 0 Å². The third-order valence-corrected chi connectivity index (χ3v) is 2.21. The molecule has 0 radical (unpaired) electrons. The summed E-state index contributed by atoms with van der Waals surface area (Å²) in [5, 5.41) is 27.0. The predicted octanol–water partition coefficient (Wildman–Crippen LogP) is -0.940. The van der Waals surface area contributed by atoms with Crippen molar-refractivity contribution in [2.24, 2.45) is 0 Å². The van der Waals surface area contributed by atoms with Crippen LogP contribution in [0, 0.1) is 0 Å². The van der Waals surface area contributed by atoms with Gasteiger partial charge in [-0.1, -0.05) is 13.2 Å². The van der Waals surface area contributed by atoms with Crippen LogP contribution in [-0.4, -0.2) is 53.0 Å². The van der Waals surface area contributed by atoms with E-state index in [0.29, 0.717) is 6.26 Å². The number of carbonyl (C=O) groups is 3. The molecule has 9 heteroatoms. The zero-order chi connectivity index (χ0) is 17.8. The number of rotatable bonds is 9. The van der Waals surface area contributed by atoms with Gasteiger partial charge in [0.2, 0.25) is 0 Å². The minimum absolute atomic E-state index is 0.199. The third-order valence-electron chi connectivity index (χ3n) is 2.21. The molecule has 0 spiro atoms. The number of hydrogen-bond donors (Lipinski definition) is 3. The number of aliphatic hydroxyl groups is 3. The number of hydrogen-bond acceptors (Lipinski definition) is 9. The van der Waals surface area contributed by atoms with E-state index in [1.165, 1.54) is 0 Å². The lowest BCUT2D eigenvalue weighted by Gasteiger charge is -2.11. The fourth-order valence-corrected chi connectivity index (χ4v) is 1.08. The van der Waals surface area contributed by atoms with Crippen LogP contribution in [0.5, 0.6) is 0 Å². The first kappa shape index (κ1) is 20.2.